The highest BCUT2D eigenvalue weighted by Gasteiger charge is 2.24. The normalized spacial score (nSPS) is 11.3. The number of amides is 1. The van der Waals surface area contributed by atoms with E-state index in [1.807, 2.05) is 5.32 Å². The van der Waals surface area contributed by atoms with Crippen molar-refractivity contribution >= 4 is 27.4 Å². The van der Waals surface area contributed by atoms with Gasteiger partial charge in [-0.25, -0.2) is 13.2 Å². The quantitative estimate of drug-likeness (QED) is 0.542. The number of non-ortho nitro benzene ring substituents is 1. The second-order valence-corrected chi connectivity index (χ2v) is 6.30. The summed E-state index contributed by atoms with van der Waals surface area (Å²) in [7, 11) is -4.67. The number of carboxylic acid groups (broad SMARTS) is 1. The van der Waals surface area contributed by atoms with Gasteiger partial charge in [-0.3, -0.25) is 14.9 Å². The molecule has 0 spiro atoms. The number of carbonyl (C=O) groups is 2. The van der Waals surface area contributed by atoms with Gasteiger partial charge in [0.05, 0.1) is 16.2 Å². The molecule has 0 fully saturated rings. The molecule has 0 bridgehead atoms. The number of nitro groups is 1. The molecule has 0 saturated heterocycles. The van der Waals surface area contributed by atoms with Gasteiger partial charge >= 0.3 is 11.7 Å². The average Bonchev–Trinajstić information content (AvgIpc) is 2.46. The molecule has 23 heavy (non-hydrogen) atoms. The minimum absolute atomic E-state index is 0.411. The van der Waals surface area contributed by atoms with Gasteiger partial charge in [-0.2, -0.15) is 8.78 Å². The fraction of sp³-hybridized carbons (Fsp3) is 0.273. The van der Waals surface area contributed by atoms with Crippen molar-refractivity contribution in [2.45, 2.75) is 5.76 Å². The van der Waals surface area contributed by atoms with Gasteiger partial charge in [-0.15, -0.1) is 0 Å². The van der Waals surface area contributed by atoms with E-state index in [0.717, 1.165) is 18.2 Å². The molecule has 12 heteroatoms. The fourth-order valence-electron chi connectivity index (χ4n) is 1.47. The summed E-state index contributed by atoms with van der Waals surface area (Å²) in [6.45, 7) is -0.656. The number of carboxylic acids is 1. The monoisotopic (exact) mass is 352 g/mol. The van der Waals surface area contributed by atoms with Crippen LogP contribution in [-0.4, -0.2) is 48.4 Å². The number of nitrogens with zero attached hydrogens (tertiary/aromatic N) is 1. The maximum absolute atomic E-state index is 12.1. The first-order valence-electron chi connectivity index (χ1n) is 5.85. The number of sulfone groups is 1. The maximum atomic E-state index is 12.1. The third kappa shape index (κ3) is 4.95. The van der Waals surface area contributed by atoms with Crippen LogP contribution in [0.5, 0.6) is 0 Å². The molecule has 0 unspecified atom stereocenters. The summed E-state index contributed by atoms with van der Waals surface area (Å²) in [5.41, 5.74) is -1.59. The van der Waals surface area contributed by atoms with E-state index in [1.165, 1.54) is 0 Å². The van der Waals surface area contributed by atoms with Gasteiger partial charge in [0.25, 0.3) is 11.6 Å². The fourth-order valence-corrected chi connectivity index (χ4v) is 2.03. The molecule has 0 aliphatic heterocycles. The molecule has 126 valence electrons. The lowest BCUT2D eigenvalue weighted by Crippen LogP contribution is -2.31. The maximum Gasteiger partial charge on any atom is 0.336 e. The largest absolute Gasteiger partial charge is 0.478 e. The van der Waals surface area contributed by atoms with Gasteiger partial charge in [0.1, 0.15) is 0 Å². The summed E-state index contributed by atoms with van der Waals surface area (Å²) in [6.07, 6.45) is 0. The minimum atomic E-state index is -4.67. The second kappa shape index (κ2) is 7.09. The number of benzene rings is 1. The van der Waals surface area contributed by atoms with Crippen molar-refractivity contribution in [3.63, 3.8) is 0 Å². The number of alkyl halides is 2. The summed E-state index contributed by atoms with van der Waals surface area (Å²) in [4.78, 5) is 32.4. The molecule has 0 aliphatic rings. The Balaban J connectivity index is 2.92. The number of aromatic carboxylic acids is 1. The molecule has 1 rings (SSSR count). The van der Waals surface area contributed by atoms with Crippen molar-refractivity contribution in [1.29, 1.82) is 0 Å². The summed E-state index contributed by atoms with van der Waals surface area (Å²) in [5.74, 6) is -7.16. The highest BCUT2D eigenvalue weighted by atomic mass is 32.2. The smallest absolute Gasteiger partial charge is 0.336 e. The molecule has 1 aromatic rings. The van der Waals surface area contributed by atoms with Crippen LogP contribution >= 0.6 is 0 Å². The SMILES string of the molecule is O=C(O)c1cc(C(=O)NCCS(=O)(=O)C(F)F)cc([N+](=O)[O-])c1. The minimum Gasteiger partial charge on any atom is -0.478 e. The molecule has 0 aromatic heterocycles. The number of rotatable bonds is 7. The van der Waals surface area contributed by atoms with Crippen LogP contribution in [0.4, 0.5) is 14.5 Å². The zero-order valence-electron chi connectivity index (χ0n) is 11.2. The Kier molecular flexibility index (Phi) is 5.68. The van der Waals surface area contributed by atoms with E-state index in [0.29, 0.717) is 0 Å². The third-order valence-electron chi connectivity index (χ3n) is 2.58. The molecule has 0 aliphatic carbocycles. The van der Waals surface area contributed by atoms with Crippen LogP contribution in [0.1, 0.15) is 20.7 Å². The van der Waals surface area contributed by atoms with Crippen LogP contribution in [0, 0.1) is 10.1 Å². The molecule has 2 N–H and O–H groups in total. The van der Waals surface area contributed by atoms with E-state index < -0.39 is 61.5 Å². The van der Waals surface area contributed by atoms with E-state index in [9.17, 15) is 36.9 Å². The molecule has 0 radical (unpaired) electrons. The Morgan fingerprint density at radius 2 is 1.83 bits per heavy atom. The lowest BCUT2D eigenvalue weighted by Gasteiger charge is -2.07. The van der Waals surface area contributed by atoms with Crippen molar-refractivity contribution in [2.24, 2.45) is 0 Å². The number of nitrogens with one attached hydrogen (secondary N) is 1. The number of hydrogen-bond donors (Lipinski definition) is 2. The van der Waals surface area contributed by atoms with E-state index >= 15 is 0 Å². The zero-order chi connectivity index (χ0) is 17.8. The van der Waals surface area contributed by atoms with E-state index in [2.05, 4.69) is 0 Å². The van der Waals surface area contributed by atoms with Crippen molar-refractivity contribution in [3.8, 4) is 0 Å². The predicted molar refractivity (Wildman–Crippen MR) is 72.2 cm³/mol. The number of halogens is 2. The topological polar surface area (TPSA) is 144 Å². The summed E-state index contributed by atoms with van der Waals surface area (Å²) < 4.78 is 45.9. The predicted octanol–water partition coefficient (Wildman–Crippen LogP) is 0.660. The highest BCUT2D eigenvalue weighted by molar-refractivity contribution is 7.91. The van der Waals surface area contributed by atoms with Crippen LogP contribution in [-0.2, 0) is 9.84 Å². The summed E-state index contributed by atoms with van der Waals surface area (Å²) in [5, 5.41) is 21.5. The Morgan fingerprint density at radius 3 is 2.30 bits per heavy atom. The van der Waals surface area contributed by atoms with Gasteiger partial charge in [-0.05, 0) is 6.07 Å². The zero-order valence-corrected chi connectivity index (χ0v) is 12.0. The average molecular weight is 352 g/mol. The first kappa shape index (κ1) is 18.4. The van der Waals surface area contributed by atoms with Crippen molar-refractivity contribution < 1.29 is 36.8 Å². The molecular formula is C11H10F2N2O7S. The van der Waals surface area contributed by atoms with E-state index in [1.54, 1.807) is 0 Å². The number of nitro benzene ring substituents is 1. The molecule has 9 nitrogen and oxygen atoms in total. The van der Waals surface area contributed by atoms with Crippen molar-refractivity contribution in [1.82, 2.24) is 5.32 Å². The van der Waals surface area contributed by atoms with Gasteiger partial charge in [0, 0.05) is 24.2 Å². The van der Waals surface area contributed by atoms with Crippen LogP contribution in [0.2, 0.25) is 0 Å². The van der Waals surface area contributed by atoms with Crippen LogP contribution in [0.3, 0.4) is 0 Å². The Bertz CT molecular complexity index is 716. The number of hydrogen-bond acceptors (Lipinski definition) is 6. The van der Waals surface area contributed by atoms with E-state index in [4.69, 9.17) is 5.11 Å². The van der Waals surface area contributed by atoms with Gasteiger partial charge in [-0.1, -0.05) is 0 Å². The Morgan fingerprint density at radius 1 is 1.26 bits per heavy atom. The molecule has 1 aromatic carbocycles. The summed E-state index contributed by atoms with van der Waals surface area (Å²) >= 11 is 0. The first-order valence-corrected chi connectivity index (χ1v) is 7.57. The first-order chi connectivity index (χ1) is 10.5. The van der Waals surface area contributed by atoms with Crippen molar-refractivity contribution in [2.75, 3.05) is 12.3 Å². The Hall–Kier alpha value is -2.63. The molecule has 0 atom stereocenters. The lowest BCUT2D eigenvalue weighted by atomic mass is 10.1. The third-order valence-corrected chi connectivity index (χ3v) is 3.90. The summed E-state index contributed by atoms with van der Waals surface area (Å²) in [6, 6.07) is 2.36. The van der Waals surface area contributed by atoms with E-state index in [-0.39, 0.29) is 0 Å². The molecule has 0 heterocycles. The Labute approximate surface area is 128 Å². The standard InChI is InChI=1S/C11H10F2N2O7S/c12-11(13)23(21,22)2-1-14-9(16)6-3-7(10(17)18)5-8(4-6)15(19)20/h3-5,11H,1-2H2,(H,14,16)(H,17,18). The number of carbonyl (C=O) groups excluding carboxylic acids is 1. The van der Waals surface area contributed by atoms with Crippen molar-refractivity contribution in [3.05, 3.63) is 39.4 Å². The van der Waals surface area contributed by atoms with Gasteiger partial charge in [0.15, 0.2) is 0 Å². The van der Waals surface area contributed by atoms with Crippen LogP contribution in [0.25, 0.3) is 0 Å². The molecule has 0 saturated carbocycles. The van der Waals surface area contributed by atoms with Crippen LogP contribution in [0.15, 0.2) is 18.2 Å². The molecular weight excluding hydrogens is 342 g/mol. The van der Waals surface area contributed by atoms with Crippen LogP contribution < -0.4 is 5.32 Å². The van der Waals surface area contributed by atoms with Gasteiger partial charge in [0.2, 0.25) is 9.84 Å². The van der Waals surface area contributed by atoms with Gasteiger partial charge < -0.3 is 10.4 Å². The molecule has 1 amide bonds. The lowest BCUT2D eigenvalue weighted by molar-refractivity contribution is -0.384. The highest BCUT2D eigenvalue weighted by Crippen LogP contribution is 2.17. The second-order valence-electron chi connectivity index (χ2n) is 4.21.